The first kappa shape index (κ1) is 23.3. The molecule has 0 spiro atoms. The van der Waals surface area contributed by atoms with Crippen LogP contribution in [0.5, 0.6) is 5.75 Å². The third-order valence-corrected chi connectivity index (χ3v) is 5.15. The first-order valence-corrected chi connectivity index (χ1v) is 9.71. The highest BCUT2D eigenvalue weighted by Gasteiger charge is 2.44. The van der Waals surface area contributed by atoms with Crippen molar-refractivity contribution in [3.8, 4) is 5.75 Å². The number of benzene rings is 1. The number of rotatable bonds is 9. The zero-order valence-electron chi connectivity index (χ0n) is 16.5. The van der Waals surface area contributed by atoms with Crippen molar-refractivity contribution in [1.29, 1.82) is 0 Å². The fraction of sp³-hybridized carbons (Fsp3) is 0.526. The molecule has 0 saturated heterocycles. The molecule has 1 aliphatic rings. The smallest absolute Gasteiger partial charge is 0.247 e. The van der Waals surface area contributed by atoms with Crippen LogP contribution < -0.4 is 15.5 Å². The predicted octanol–water partition coefficient (Wildman–Crippen LogP) is 4.11. The number of hydrogen-bond donors (Lipinski definition) is 2. The standard InChI is InChI=1S/C19H24ClF4N3O2/c1-4-6-7-8-29-17-15(23)13(21)11(14(22)16(17)24)9-25-18(28)19(5-2)12(20)10-27(3)26-19/h10,26H,4-9H2,1-3H3,(H,25,28). The van der Waals surface area contributed by atoms with E-state index in [0.29, 0.717) is 6.42 Å². The number of hydrazine groups is 1. The number of nitrogens with one attached hydrogen (secondary N) is 2. The van der Waals surface area contributed by atoms with Crippen LogP contribution >= 0.6 is 11.6 Å². The van der Waals surface area contributed by atoms with Crippen molar-refractivity contribution in [2.45, 2.75) is 51.6 Å². The fourth-order valence-corrected chi connectivity index (χ4v) is 3.43. The van der Waals surface area contributed by atoms with Crippen molar-refractivity contribution >= 4 is 17.5 Å². The van der Waals surface area contributed by atoms with Crippen LogP contribution in [-0.4, -0.2) is 30.1 Å². The number of hydrogen-bond acceptors (Lipinski definition) is 4. The lowest BCUT2D eigenvalue weighted by atomic mass is 9.96. The second kappa shape index (κ2) is 9.67. The molecular formula is C19H24ClF4N3O2. The summed E-state index contributed by atoms with van der Waals surface area (Å²) in [4.78, 5) is 12.6. The van der Waals surface area contributed by atoms with Gasteiger partial charge in [-0.2, -0.15) is 8.78 Å². The highest BCUT2D eigenvalue weighted by atomic mass is 35.5. The Labute approximate surface area is 172 Å². The largest absolute Gasteiger partial charge is 0.487 e. The topological polar surface area (TPSA) is 53.6 Å². The van der Waals surface area contributed by atoms with Crippen molar-refractivity contribution < 1.29 is 27.1 Å². The Hall–Kier alpha value is -2.00. The minimum absolute atomic E-state index is 0.0698. The average molecular weight is 438 g/mol. The number of unbranched alkanes of at least 4 members (excludes halogenated alkanes) is 2. The number of amides is 1. The van der Waals surface area contributed by atoms with Crippen LogP contribution in [0.25, 0.3) is 0 Å². The Balaban J connectivity index is 2.19. The molecular weight excluding hydrogens is 414 g/mol. The maximum Gasteiger partial charge on any atom is 0.247 e. The van der Waals surface area contributed by atoms with Gasteiger partial charge in [0.1, 0.15) is 0 Å². The molecule has 1 aromatic carbocycles. The lowest BCUT2D eigenvalue weighted by Crippen LogP contribution is -2.56. The molecule has 1 unspecified atom stereocenters. The molecule has 1 heterocycles. The SMILES string of the molecule is CCCCCOc1c(F)c(F)c(CNC(=O)C2(CC)NN(C)C=C2Cl)c(F)c1F. The summed E-state index contributed by atoms with van der Waals surface area (Å²) in [6.45, 7) is 2.78. The Morgan fingerprint density at radius 1 is 1.17 bits per heavy atom. The number of carbonyl (C=O) groups is 1. The van der Waals surface area contributed by atoms with Crippen LogP contribution in [0, 0.1) is 23.3 Å². The zero-order chi connectivity index (χ0) is 21.8. The maximum absolute atomic E-state index is 14.3. The Bertz CT molecular complexity index is 777. The van der Waals surface area contributed by atoms with E-state index in [1.54, 1.807) is 14.0 Å². The van der Waals surface area contributed by atoms with E-state index in [-0.39, 0.29) is 18.1 Å². The lowest BCUT2D eigenvalue weighted by Gasteiger charge is -2.29. The van der Waals surface area contributed by atoms with Gasteiger partial charge in [0.15, 0.2) is 22.9 Å². The predicted molar refractivity (Wildman–Crippen MR) is 101 cm³/mol. The van der Waals surface area contributed by atoms with Gasteiger partial charge >= 0.3 is 0 Å². The van der Waals surface area contributed by atoms with Gasteiger partial charge in [-0.25, -0.2) is 14.2 Å². The summed E-state index contributed by atoms with van der Waals surface area (Å²) in [6.07, 6.45) is 3.80. The molecule has 1 atom stereocenters. The van der Waals surface area contributed by atoms with E-state index >= 15 is 0 Å². The number of halogens is 5. The molecule has 1 amide bonds. The number of carbonyl (C=O) groups excluding carboxylic acids is 1. The van der Waals surface area contributed by atoms with E-state index in [1.165, 1.54) is 11.2 Å². The second-order valence-corrected chi connectivity index (χ2v) is 7.17. The normalized spacial score (nSPS) is 18.8. The van der Waals surface area contributed by atoms with Crippen LogP contribution in [0.3, 0.4) is 0 Å². The first-order chi connectivity index (χ1) is 13.7. The highest BCUT2D eigenvalue weighted by Crippen LogP contribution is 2.32. The van der Waals surface area contributed by atoms with Crippen molar-refractivity contribution in [2.75, 3.05) is 13.7 Å². The zero-order valence-corrected chi connectivity index (χ0v) is 17.2. The van der Waals surface area contributed by atoms with Gasteiger partial charge in [-0.05, 0) is 12.8 Å². The lowest BCUT2D eigenvalue weighted by molar-refractivity contribution is -0.127. The van der Waals surface area contributed by atoms with E-state index in [0.717, 1.165) is 12.8 Å². The van der Waals surface area contributed by atoms with Crippen LogP contribution in [-0.2, 0) is 11.3 Å². The van der Waals surface area contributed by atoms with Gasteiger partial charge in [0.25, 0.3) is 0 Å². The van der Waals surface area contributed by atoms with E-state index in [2.05, 4.69) is 10.7 Å². The van der Waals surface area contributed by atoms with Gasteiger partial charge in [0.05, 0.1) is 11.6 Å². The highest BCUT2D eigenvalue weighted by molar-refractivity contribution is 6.33. The number of nitrogens with zero attached hydrogens (tertiary/aromatic N) is 1. The van der Waals surface area contributed by atoms with Crippen LogP contribution in [0.1, 0.15) is 45.1 Å². The number of ether oxygens (including phenoxy) is 1. The quantitative estimate of drug-likeness (QED) is 0.347. The Morgan fingerprint density at radius 2 is 1.79 bits per heavy atom. The third kappa shape index (κ3) is 4.61. The fourth-order valence-electron chi connectivity index (χ4n) is 3.02. The molecule has 2 N–H and O–H groups in total. The molecule has 5 nitrogen and oxygen atoms in total. The maximum atomic E-state index is 14.3. The summed E-state index contributed by atoms with van der Waals surface area (Å²) in [5.74, 6) is -8.28. The van der Waals surface area contributed by atoms with Gasteiger partial charge in [-0.15, -0.1) is 0 Å². The molecule has 2 rings (SSSR count). The Morgan fingerprint density at radius 3 is 2.28 bits per heavy atom. The second-order valence-electron chi connectivity index (χ2n) is 6.76. The monoisotopic (exact) mass is 437 g/mol. The molecule has 0 bridgehead atoms. The molecule has 162 valence electrons. The van der Waals surface area contributed by atoms with E-state index in [1.807, 2.05) is 6.92 Å². The summed E-state index contributed by atoms with van der Waals surface area (Å²) in [5, 5.41) is 3.94. The summed E-state index contributed by atoms with van der Waals surface area (Å²) in [6, 6.07) is 0. The first-order valence-electron chi connectivity index (χ1n) is 9.33. The van der Waals surface area contributed by atoms with E-state index < -0.39 is 52.6 Å². The summed E-state index contributed by atoms with van der Waals surface area (Å²) >= 11 is 6.12. The minimum Gasteiger partial charge on any atom is -0.487 e. The van der Waals surface area contributed by atoms with Crippen LogP contribution in [0.4, 0.5) is 17.6 Å². The van der Waals surface area contributed by atoms with Gasteiger partial charge in [0.2, 0.25) is 17.5 Å². The molecule has 29 heavy (non-hydrogen) atoms. The van der Waals surface area contributed by atoms with Gasteiger partial charge in [-0.1, -0.05) is 38.3 Å². The third-order valence-electron chi connectivity index (χ3n) is 4.73. The molecule has 0 aromatic heterocycles. The molecule has 0 aliphatic carbocycles. The van der Waals surface area contributed by atoms with Crippen molar-refractivity contribution in [3.05, 3.63) is 40.1 Å². The van der Waals surface area contributed by atoms with Gasteiger partial charge in [0, 0.05) is 25.4 Å². The van der Waals surface area contributed by atoms with Crippen molar-refractivity contribution in [3.63, 3.8) is 0 Å². The van der Waals surface area contributed by atoms with Crippen LogP contribution in [0.15, 0.2) is 11.2 Å². The molecule has 0 fully saturated rings. The summed E-state index contributed by atoms with van der Waals surface area (Å²) in [5.41, 5.74) is 0.570. The van der Waals surface area contributed by atoms with E-state index in [9.17, 15) is 22.4 Å². The van der Waals surface area contributed by atoms with Gasteiger partial charge < -0.3 is 15.1 Å². The molecule has 1 aromatic rings. The Kier molecular flexibility index (Phi) is 7.76. The van der Waals surface area contributed by atoms with Crippen LogP contribution in [0.2, 0.25) is 0 Å². The molecule has 1 aliphatic heterocycles. The summed E-state index contributed by atoms with van der Waals surface area (Å²) < 4.78 is 62.0. The van der Waals surface area contributed by atoms with E-state index in [4.69, 9.17) is 16.3 Å². The summed E-state index contributed by atoms with van der Waals surface area (Å²) in [7, 11) is 1.62. The van der Waals surface area contributed by atoms with Crippen molar-refractivity contribution in [1.82, 2.24) is 15.8 Å². The van der Waals surface area contributed by atoms with Gasteiger partial charge in [-0.3, -0.25) is 4.79 Å². The molecule has 0 saturated carbocycles. The molecule has 0 radical (unpaired) electrons. The van der Waals surface area contributed by atoms with Crippen molar-refractivity contribution in [2.24, 2.45) is 0 Å². The minimum atomic E-state index is -1.63. The molecule has 10 heteroatoms. The average Bonchev–Trinajstić information content (AvgIpc) is 2.99.